The zero-order valence-electron chi connectivity index (χ0n) is 15.7. The Morgan fingerprint density at radius 2 is 1.71 bits per heavy atom. The van der Waals surface area contributed by atoms with Crippen LogP contribution in [0, 0.1) is 0 Å². The summed E-state index contributed by atoms with van der Waals surface area (Å²) >= 11 is 5.99. The molecule has 0 aromatic heterocycles. The predicted octanol–water partition coefficient (Wildman–Crippen LogP) is 2.79. The van der Waals surface area contributed by atoms with Crippen LogP contribution in [0.25, 0.3) is 0 Å². The van der Waals surface area contributed by atoms with Crippen molar-refractivity contribution >= 4 is 39.1 Å². The van der Waals surface area contributed by atoms with Gasteiger partial charge in [-0.3, -0.25) is 14.3 Å². The Labute approximate surface area is 169 Å². The zero-order chi connectivity index (χ0) is 20.9. The first-order chi connectivity index (χ1) is 13.0. The van der Waals surface area contributed by atoms with E-state index < -0.39 is 21.5 Å². The quantitative estimate of drug-likeness (QED) is 0.664. The molecule has 9 heteroatoms. The van der Waals surface area contributed by atoms with E-state index in [-0.39, 0.29) is 33.6 Å². The van der Waals surface area contributed by atoms with Gasteiger partial charge in [-0.2, -0.15) is 0 Å². The summed E-state index contributed by atoms with van der Waals surface area (Å²) in [6.45, 7) is 5.26. The van der Waals surface area contributed by atoms with Gasteiger partial charge in [-0.25, -0.2) is 8.42 Å². The molecule has 0 heterocycles. The molecule has 0 saturated carbocycles. The minimum Gasteiger partial charge on any atom is -0.350 e. The van der Waals surface area contributed by atoms with E-state index >= 15 is 0 Å². The first kappa shape index (κ1) is 21.7. The molecule has 0 aliphatic carbocycles. The van der Waals surface area contributed by atoms with Crippen molar-refractivity contribution < 1.29 is 18.0 Å². The fourth-order valence-electron chi connectivity index (χ4n) is 2.28. The minimum absolute atomic E-state index is 0.0980. The number of carbonyl (C=O) groups is 2. The highest BCUT2D eigenvalue weighted by molar-refractivity contribution is 7.92. The maximum atomic E-state index is 12.6. The molecule has 2 aromatic rings. The Balaban J connectivity index is 2.11. The van der Waals surface area contributed by atoms with E-state index in [0.29, 0.717) is 0 Å². The molecule has 0 radical (unpaired) electrons. The number of rotatable bonds is 6. The van der Waals surface area contributed by atoms with Crippen LogP contribution < -0.4 is 15.4 Å². The van der Waals surface area contributed by atoms with Crippen molar-refractivity contribution in [3.05, 3.63) is 59.1 Å². The Morgan fingerprint density at radius 3 is 2.36 bits per heavy atom. The highest BCUT2D eigenvalue weighted by Gasteiger charge is 2.19. The van der Waals surface area contributed by atoms with Crippen LogP contribution in [0.3, 0.4) is 0 Å². The molecule has 0 saturated heterocycles. The largest absolute Gasteiger partial charge is 0.350 e. The second-order valence-corrected chi connectivity index (χ2v) is 9.18. The fourth-order valence-corrected chi connectivity index (χ4v) is 3.64. The Kier molecular flexibility index (Phi) is 6.69. The molecule has 3 N–H and O–H groups in total. The molecule has 2 amide bonds. The summed E-state index contributed by atoms with van der Waals surface area (Å²) in [5.41, 5.74) is -0.0661. The van der Waals surface area contributed by atoms with Gasteiger partial charge < -0.3 is 10.6 Å². The van der Waals surface area contributed by atoms with Crippen LogP contribution in [0.1, 0.15) is 31.1 Å². The lowest BCUT2D eigenvalue weighted by atomic mass is 10.1. The monoisotopic (exact) mass is 423 g/mol. The molecule has 150 valence electrons. The van der Waals surface area contributed by atoms with Crippen molar-refractivity contribution in [1.82, 2.24) is 10.6 Å². The van der Waals surface area contributed by atoms with Crippen molar-refractivity contribution in [2.45, 2.75) is 31.2 Å². The number of sulfonamides is 1. The third-order valence-corrected chi connectivity index (χ3v) is 5.14. The van der Waals surface area contributed by atoms with Gasteiger partial charge in [-0.1, -0.05) is 29.8 Å². The first-order valence-corrected chi connectivity index (χ1v) is 10.3. The lowest BCUT2D eigenvalue weighted by Gasteiger charge is -2.20. The lowest BCUT2D eigenvalue weighted by molar-refractivity contribution is -0.121. The summed E-state index contributed by atoms with van der Waals surface area (Å²) < 4.78 is 27.6. The van der Waals surface area contributed by atoms with Gasteiger partial charge in [0.1, 0.15) is 0 Å². The second kappa shape index (κ2) is 8.62. The number of nitrogens with one attached hydrogen (secondary N) is 3. The maximum absolute atomic E-state index is 12.6. The van der Waals surface area contributed by atoms with Gasteiger partial charge in [0.15, 0.2) is 0 Å². The smallest absolute Gasteiger partial charge is 0.261 e. The zero-order valence-corrected chi connectivity index (χ0v) is 17.3. The number of hydrogen-bond acceptors (Lipinski definition) is 4. The van der Waals surface area contributed by atoms with E-state index in [1.807, 2.05) is 20.8 Å². The van der Waals surface area contributed by atoms with Crippen LogP contribution in [0.15, 0.2) is 53.4 Å². The molecule has 0 bridgehead atoms. The van der Waals surface area contributed by atoms with E-state index in [4.69, 9.17) is 11.6 Å². The van der Waals surface area contributed by atoms with Crippen LogP contribution in [0.5, 0.6) is 0 Å². The van der Waals surface area contributed by atoms with Crippen molar-refractivity contribution in [1.29, 1.82) is 0 Å². The van der Waals surface area contributed by atoms with Gasteiger partial charge in [-0.05, 0) is 51.1 Å². The molecule has 0 spiro atoms. The Morgan fingerprint density at radius 1 is 1.04 bits per heavy atom. The number of benzene rings is 2. The molecule has 0 aliphatic rings. The third kappa shape index (κ3) is 6.24. The molecular weight excluding hydrogens is 402 g/mol. The van der Waals surface area contributed by atoms with Crippen LogP contribution >= 0.6 is 11.6 Å². The summed E-state index contributed by atoms with van der Waals surface area (Å²) in [5.74, 6) is -0.899. The van der Waals surface area contributed by atoms with Crippen LogP contribution in [0.4, 0.5) is 5.69 Å². The van der Waals surface area contributed by atoms with Crippen molar-refractivity contribution in [2.75, 3.05) is 11.3 Å². The van der Waals surface area contributed by atoms with Gasteiger partial charge in [0.05, 0.1) is 22.2 Å². The van der Waals surface area contributed by atoms with Gasteiger partial charge in [0.25, 0.3) is 15.9 Å². The molecule has 0 fully saturated rings. The average molecular weight is 424 g/mol. The molecule has 2 aromatic carbocycles. The van der Waals surface area contributed by atoms with E-state index in [2.05, 4.69) is 15.4 Å². The molecule has 0 aliphatic heterocycles. The second-order valence-electron chi connectivity index (χ2n) is 7.09. The van der Waals surface area contributed by atoms with Crippen molar-refractivity contribution in [3.63, 3.8) is 0 Å². The van der Waals surface area contributed by atoms with Crippen molar-refractivity contribution in [3.8, 4) is 0 Å². The third-order valence-electron chi connectivity index (χ3n) is 3.45. The van der Waals surface area contributed by atoms with Crippen molar-refractivity contribution in [2.24, 2.45) is 0 Å². The summed E-state index contributed by atoms with van der Waals surface area (Å²) in [6.07, 6.45) is 0. The summed E-state index contributed by atoms with van der Waals surface area (Å²) in [5, 5.41) is 5.45. The first-order valence-electron chi connectivity index (χ1n) is 8.44. The van der Waals surface area contributed by atoms with Gasteiger partial charge >= 0.3 is 0 Å². The topological polar surface area (TPSA) is 104 Å². The highest BCUT2D eigenvalue weighted by atomic mass is 35.5. The Hall–Kier alpha value is -2.58. The molecule has 0 unspecified atom stereocenters. The SMILES string of the molecule is CC(C)(C)NC(=O)CNC(=O)c1cccc(S(=O)(=O)Nc2ccccc2Cl)c1. The van der Waals surface area contributed by atoms with Crippen LogP contribution in [-0.2, 0) is 14.8 Å². The van der Waals surface area contributed by atoms with Gasteiger partial charge in [0, 0.05) is 11.1 Å². The molecular formula is C19H22ClN3O4S. The average Bonchev–Trinajstić information content (AvgIpc) is 2.60. The van der Waals surface area contributed by atoms with Gasteiger partial charge in [-0.15, -0.1) is 0 Å². The maximum Gasteiger partial charge on any atom is 0.261 e. The number of para-hydroxylation sites is 1. The van der Waals surface area contributed by atoms with Crippen LogP contribution in [0.2, 0.25) is 5.02 Å². The normalized spacial score (nSPS) is 11.6. The van der Waals surface area contributed by atoms with Gasteiger partial charge in [0.2, 0.25) is 5.91 Å². The fraction of sp³-hybridized carbons (Fsp3) is 0.263. The molecule has 7 nitrogen and oxygen atoms in total. The molecule has 2 rings (SSSR count). The van der Waals surface area contributed by atoms with E-state index in [9.17, 15) is 18.0 Å². The number of amides is 2. The number of carbonyl (C=O) groups excluding carboxylic acids is 2. The van der Waals surface area contributed by atoms with E-state index in [1.54, 1.807) is 18.2 Å². The van der Waals surface area contributed by atoms with Crippen LogP contribution in [-0.4, -0.2) is 32.3 Å². The molecule has 28 heavy (non-hydrogen) atoms. The minimum atomic E-state index is -3.94. The number of anilines is 1. The molecule has 0 atom stereocenters. The van der Waals surface area contributed by atoms with E-state index in [0.717, 1.165) is 0 Å². The Bertz CT molecular complexity index is 985. The highest BCUT2D eigenvalue weighted by Crippen LogP contribution is 2.24. The predicted molar refractivity (Wildman–Crippen MR) is 109 cm³/mol. The number of hydrogen-bond donors (Lipinski definition) is 3. The number of halogens is 1. The summed E-state index contributed by atoms with van der Waals surface area (Å²) in [7, 11) is -3.94. The summed E-state index contributed by atoms with van der Waals surface area (Å²) in [6, 6.07) is 11.9. The summed E-state index contributed by atoms with van der Waals surface area (Å²) in [4.78, 5) is 24.0. The lowest BCUT2D eigenvalue weighted by Crippen LogP contribution is -2.45. The van der Waals surface area contributed by atoms with E-state index in [1.165, 1.54) is 30.3 Å². The standard InChI is InChI=1S/C19H22ClN3O4S/c1-19(2,3)22-17(24)12-21-18(25)13-7-6-8-14(11-13)28(26,27)23-16-10-5-4-9-15(16)20/h4-11,23H,12H2,1-3H3,(H,21,25)(H,22,24).